The Balaban J connectivity index is 2.07. The largest absolute Gasteiger partial charge is 0.468 e. The summed E-state index contributed by atoms with van der Waals surface area (Å²) in [4.78, 5) is 25.6. The highest BCUT2D eigenvalue weighted by Crippen LogP contribution is 2.20. The van der Waals surface area contributed by atoms with Gasteiger partial charge in [0.05, 0.1) is 12.3 Å². The Hall–Kier alpha value is -2.80. The van der Waals surface area contributed by atoms with E-state index in [9.17, 15) is 9.59 Å². The van der Waals surface area contributed by atoms with Crippen molar-refractivity contribution in [2.75, 3.05) is 25.0 Å². The average Bonchev–Trinajstić information content (AvgIpc) is 3.12. The second-order valence-electron chi connectivity index (χ2n) is 5.53. The molecule has 0 aliphatic rings. The number of nitrogens with zero attached hydrogens (tertiary/aromatic N) is 1. The molecule has 0 fully saturated rings. The predicted molar refractivity (Wildman–Crippen MR) is 96.4 cm³/mol. The van der Waals surface area contributed by atoms with E-state index < -0.39 is 6.03 Å². The molecule has 0 radical (unpaired) electrons. The molecule has 25 heavy (non-hydrogen) atoms. The second-order valence-corrected chi connectivity index (χ2v) is 5.53. The molecule has 0 spiro atoms. The van der Waals surface area contributed by atoms with Crippen molar-refractivity contribution in [2.45, 2.75) is 19.9 Å². The van der Waals surface area contributed by atoms with Crippen molar-refractivity contribution in [1.82, 2.24) is 10.2 Å². The molecule has 0 unspecified atom stereocenters. The third-order valence-electron chi connectivity index (χ3n) is 3.97. The molecule has 0 aliphatic carbocycles. The van der Waals surface area contributed by atoms with Gasteiger partial charge in [-0.15, -0.1) is 0 Å². The Morgan fingerprint density at radius 1 is 1.20 bits per heavy atom. The van der Waals surface area contributed by atoms with Crippen molar-refractivity contribution in [3.63, 3.8) is 0 Å². The number of hydrogen-bond donors (Lipinski definition) is 3. The first-order valence-corrected chi connectivity index (χ1v) is 8.27. The van der Waals surface area contributed by atoms with Crippen LogP contribution in [0.1, 0.15) is 36.0 Å². The van der Waals surface area contributed by atoms with Crippen LogP contribution in [0.25, 0.3) is 0 Å². The van der Waals surface area contributed by atoms with Crippen LogP contribution in [0.5, 0.6) is 0 Å². The molecule has 3 amide bonds. The fourth-order valence-corrected chi connectivity index (χ4v) is 2.73. The first-order chi connectivity index (χ1) is 12.0. The zero-order chi connectivity index (χ0) is 18.2. The van der Waals surface area contributed by atoms with Gasteiger partial charge in [0, 0.05) is 17.8 Å². The summed E-state index contributed by atoms with van der Waals surface area (Å²) in [5.41, 5.74) is 6.03. The monoisotopic (exact) mass is 344 g/mol. The second kappa shape index (κ2) is 8.89. The predicted octanol–water partition coefficient (Wildman–Crippen LogP) is 2.58. The quantitative estimate of drug-likeness (QED) is 0.685. The van der Waals surface area contributed by atoms with Crippen LogP contribution in [-0.4, -0.2) is 36.5 Å². The number of carbonyl (C=O) groups excluding carboxylic acids is 2. The van der Waals surface area contributed by atoms with Crippen molar-refractivity contribution < 1.29 is 14.0 Å². The fourth-order valence-electron chi connectivity index (χ4n) is 2.73. The molecule has 2 aromatic rings. The summed E-state index contributed by atoms with van der Waals surface area (Å²) in [5.74, 6) is 0.588. The number of urea groups is 1. The topological polar surface area (TPSA) is 101 Å². The minimum absolute atomic E-state index is 0.0409. The Bertz CT molecular complexity index is 696. The van der Waals surface area contributed by atoms with Gasteiger partial charge in [-0.3, -0.25) is 9.69 Å². The van der Waals surface area contributed by atoms with Crippen LogP contribution in [0.15, 0.2) is 47.1 Å². The van der Waals surface area contributed by atoms with Gasteiger partial charge >= 0.3 is 6.03 Å². The van der Waals surface area contributed by atoms with E-state index >= 15 is 0 Å². The molecule has 1 heterocycles. The van der Waals surface area contributed by atoms with E-state index in [4.69, 9.17) is 10.2 Å². The highest BCUT2D eigenvalue weighted by Gasteiger charge is 2.21. The van der Waals surface area contributed by atoms with Gasteiger partial charge in [0.15, 0.2) is 0 Å². The van der Waals surface area contributed by atoms with Gasteiger partial charge in [-0.2, -0.15) is 0 Å². The maximum Gasteiger partial charge on any atom is 0.316 e. The van der Waals surface area contributed by atoms with Crippen LogP contribution >= 0.6 is 0 Å². The zero-order valence-electron chi connectivity index (χ0n) is 14.5. The minimum atomic E-state index is -0.669. The summed E-state index contributed by atoms with van der Waals surface area (Å²) in [6.45, 7) is 6.24. The van der Waals surface area contributed by atoms with E-state index in [1.807, 2.05) is 12.1 Å². The molecule has 0 saturated heterocycles. The van der Waals surface area contributed by atoms with Crippen LogP contribution in [0.3, 0.4) is 0 Å². The molecule has 1 aromatic heterocycles. The molecular formula is C18H24N4O3. The smallest absolute Gasteiger partial charge is 0.316 e. The fraction of sp³-hybridized carbons (Fsp3) is 0.333. The standard InChI is InChI=1S/C18H24N4O3/c1-3-22(4-2)15(16-9-6-10-25-16)12-20-17(23)13-7-5-8-14(11-13)21-18(19)24/h5-11,15H,3-4,12H2,1-2H3,(H,20,23)(H3,19,21,24)/t15-/m0/s1. The van der Waals surface area contributed by atoms with Crippen molar-refractivity contribution in [2.24, 2.45) is 5.73 Å². The summed E-state index contributed by atoms with van der Waals surface area (Å²) in [7, 11) is 0. The third kappa shape index (κ3) is 5.09. The number of hydrogen-bond acceptors (Lipinski definition) is 4. The molecule has 7 nitrogen and oxygen atoms in total. The van der Waals surface area contributed by atoms with Gasteiger partial charge in [-0.25, -0.2) is 4.79 Å². The summed E-state index contributed by atoms with van der Waals surface area (Å²) in [5, 5.41) is 5.39. The van der Waals surface area contributed by atoms with Gasteiger partial charge in [-0.1, -0.05) is 19.9 Å². The number of primary amides is 1. The minimum Gasteiger partial charge on any atom is -0.468 e. The van der Waals surface area contributed by atoms with Gasteiger partial charge < -0.3 is 20.8 Å². The van der Waals surface area contributed by atoms with Gasteiger partial charge in [-0.05, 0) is 43.4 Å². The first-order valence-electron chi connectivity index (χ1n) is 8.27. The molecule has 1 aromatic carbocycles. The summed E-state index contributed by atoms with van der Waals surface area (Å²) >= 11 is 0. The maximum atomic E-state index is 12.5. The Morgan fingerprint density at radius 3 is 2.56 bits per heavy atom. The van der Waals surface area contributed by atoms with Crippen molar-refractivity contribution in [3.05, 3.63) is 54.0 Å². The van der Waals surface area contributed by atoms with Crippen LogP contribution < -0.4 is 16.4 Å². The van der Waals surface area contributed by atoms with Crippen LogP contribution in [0.4, 0.5) is 10.5 Å². The van der Waals surface area contributed by atoms with Crippen LogP contribution in [0, 0.1) is 0 Å². The molecule has 134 valence electrons. The molecule has 7 heteroatoms. The number of rotatable bonds is 8. The van der Waals surface area contributed by atoms with Crippen molar-refractivity contribution in [3.8, 4) is 0 Å². The van der Waals surface area contributed by atoms with Crippen LogP contribution in [0.2, 0.25) is 0 Å². The lowest BCUT2D eigenvalue weighted by Gasteiger charge is -2.28. The van der Waals surface area contributed by atoms with Crippen LogP contribution in [-0.2, 0) is 0 Å². The average molecular weight is 344 g/mol. The maximum absolute atomic E-state index is 12.5. The highest BCUT2D eigenvalue weighted by atomic mass is 16.3. The zero-order valence-corrected chi connectivity index (χ0v) is 14.5. The Morgan fingerprint density at radius 2 is 1.96 bits per heavy atom. The Labute approximate surface area is 147 Å². The number of furan rings is 1. The normalized spacial score (nSPS) is 12.0. The number of carbonyl (C=O) groups is 2. The molecule has 4 N–H and O–H groups in total. The molecule has 1 atom stereocenters. The van der Waals surface area contributed by atoms with E-state index in [1.165, 1.54) is 0 Å². The lowest BCUT2D eigenvalue weighted by molar-refractivity contribution is 0.0929. The number of anilines is 1. The summed E-state index contributed by atoms with van der Waals surface area (Å²) < 4.78 is 5.53. The molecule has 2 rings (SSSR count). The van der Waals surface area contributed by atoms with E-state index in [2.05, 4.69) is 29.4 Å². The molecule has 0 aliphatic heterocycles. The third-order valence-corrected chi connectivity index (χ3v) is 3.97. The van der Waals surface area contributed by atoms with Gasteiger partial charge in [0.25, 0.3) is 5.91 Å². The van der Waals surface area contributed by atoms with E-state index in [1.54, 1.807) is 30.5 Å². The summed E-state index contributed by atoms with van der Waals surface area (Å²) in [6, 6.07) is 9.66. The highest BCUT2D eigenvalue weighted by molar-refractivity contribution is 5.96. The first kappa shape index (κ1) is 18.5. The number of amides is 3. The Kier molecular flexibility index (Phi) is 6.59. The number of nitrogens with one attached hydrogen (secondary N) is 2. The SMILES string of the molecule is CCN(CC)[C@@H](CNC(=O)c1cccc(NC(N)=O)c1)c1ccco1. The number of benzene rings is 1. The van der Waals surface area contributed by atoms with Gasteiger partial charge in [0.2, 0.25) is 0 Å². The van der Waals surface area contributed by atoms with E-state index in [-0.39, 0.29) is 11.9 Å². The van der Waals surface area contributed by atoms with E-state index in [0.29, 0.717) is 17.8 Å². The molecule has 0 saturated carbocycles. The van der Waals surface area contributed by atoms with Gasteiger partial charge in [0.1, 0.15) is 5.76 Å². The lowest BCUT2D eigenvalue weighted by Crippen LogP contribution is -2.38. The lowest BCUT2D eigenvalue weighted by atomic mass is 10.1. The number of nitrogens with two attached hydrogens (primary N) is 1. The van der Waals surface area contributed by atoms with E-state index in [0.717, 1.165) is 18.8 Å². The van der Waals surface area contributed by atoms with Crippen molar-refractivity contribution >= 4 is 17.6 Å². The molecular weight excluding hydrogens is 320 g/mol. The summed E-state index contributed by atoms with van der Waals surface area (Å²) in [6.07, 6.45) is 1.63. The van der Waals surface area contributed by atoms with Crippen molar-refractivity contribution in [1.29, 1.82) is 0 Å². The molecule has 0 bridgehead atoms. The number of likely N-dealkylation sites (N-methyl/N-ethyl adjacent to an activating group) is 1.